The van der Waals surface area contributed by atoms with Gasteiger partial charge in [0, 0.05) is 12.6 Å². The number of halogens is 1. The van der Waals surface area contributed by atoms with E-state index in [2.05, 4.69) is 9.97 Å². The summed E-state index contributed by atoms with van der Waals surface area (Å²) < 4.78 is 0. The van der Waals surface area contributed by atoms with Crippen LogP contribution in [0.15, 0.2) is 12.4 Å². The highest BCUT2D eigenvalue weighted by Gasteiger charge is 2.26. The van der Waals surface area contributed by atoms with Crippen LogP contribution in [0.2, 0.25) is 5.15 Å². The molecule has 1 aliphatic carbocycles. The van der Waals surface area contributed by atoms with Crippen LogP contribution >= 0.6 is 11.6 Å². The van der Waals surface area contributed by atoms with E-state index >= 15 is 0 Å². The lowest BCUT2D eigenvalue weighted by molar-refractivity contribution is 0.0687. The molecule has 17 heavy (non-hydrogen) atoms. The van der Waals surface area contributed by atoms with Gasteiger partial charge in [-0.2, -0.15) is 0 Å². The summed E-state index contributed by atoms with van der Waals surface area (Å²) >= 11 is 5.75. The molecule has 1 heterocycles. The topological polar surface area (TPSA) is 46.1 Å². The average Bonchev–Trinajstić information content (AvgIpc) is 2.83. The van der Waals surface area contributed by atoms with Gasteiger partial charge in [-0.15, -0.1) is 0 Å². The highest BCUT2D eigenvalue weighted by Crippen LogP contribution is 2.24. The van der Waals surface area contributed by atoms with E-state index < -0.39 is 0 Å². The molecule has 0 spiro atoms. The molecule has 0 radical (unpaired) electrons. The summed E-state index contributed by atoms with van der Waals surface area (Å²) in [5, 5.41) is 0.262. The van der Waals surface area contributed by atoms with E-state index in [0.717, 1.165) is 12.8 Å². The van der Waals surface area contributed by atoms with E-state index in [1.807, 2.05) is 11.8 Å². The quantitative estimate of drug-likeness (QED) is 0.832. The van der Waals surface area contributed by atoms with Crippen molar-refractivity contribution in [2.75, 3.05) is 6.54 Å². The largest absolute Gasteiger partial charge is 0.335 e. The maximum atomic E-state index is 12.3. The molecule has 0 aromatic carbocycles. The smallest absolute Gasteiger partial charge is 0.274 e. The Bertz CT molecular complexity index is 404. The molecule has 1 saturated carbocycles. The summed E-state index contributed by atoms with van der Waals surface area (Å²) in [7, 11) is 0. The Morgan fingerprint density at radius 2 is 2.18 bits per heavy atom. The lowest BCUT2D eigenvalue weighted by atomic mass is 10.2. The molecular weight excluding hydrogens is 238 g/mol. The highest BCUT2D eigenvalue weighted by molar-refractivity contribution is 6.29. The van der Waals surface area contributed by atoms with Gasteiger partial charge >= 0.3 is 0 Å². The molecule has 92 valence electrons. The van der Waals surface area contributed by atoms with Crippen molar-refractivity contribution < 1.29 is 4.79 Å². The Hall–Kier alpha value is -1.16. The van der Waals surface area contributed by atoms with Crippen LogP contribution in [-0.2, 0) is 0 Å². The first-order chi connectivity index (χ1) is 8.22. The first-order valence-corrected chi connectivity index (χ1v) is 6.38. The van der Waals surface area contributed by atoms with Gasteiger partial charge in [0.1, 0.15) is 10.8 Å². The van der Waals surface area contributed by atoms with E-state index in [-0.39, 0.29) is 11.1 Å². The maximum absolute atomic E-state index is 12.3. The van der Waals surface area contributed by atoms with Gasteiger partial charge in [0.2, 0.25) is 0 Å². The zero-order valence-electron chi connectivity index (χ0n) is 9.90. The minimum absolute atomic E-state index is 0.0607. The van der Waals surface area contributed by atoms with Crippen molar-refractivity contribution in [3.05, 3.63) is 23.2 Å². The van der Waals surface area contributed by atoms with Gasteiger partial charge in [0.05, 0.1) is 12.4 Å². The van der Waals surface area contributed by atoms with Gasteiger partial charge in [-0.25, -0.2) is 4.98 Å². The molecule has 1 aromatic heterocycles. The predicted molar refractivity (Wildman–Crippen MR) is 66.0 cm³/mol. The third kappa shape index (κ3) is 2.75. The zero-order valence-corrected chi connectivity index (χ0v) is 10.7. The molecule has 2 rings (SSSR count). The number of hydrogen-bond donors (Lipinski definition) is 0. The van der Waals surface area contributed by atoms with Crippen molar-refractivity contribution in [3.8, 4) is 0 Å². The van der Waals surface area contributed by atoms with Crippen molar-refractivity contribution in [1.82, 2.24) is 14.9 Å². The standard InChI is InChI=1S/C12H16ClN3O/c1-2-16(9-5-3-4-6-9)12(17)10-7-14-8-11(13)15-10/h7-9H,2-6H2,1H3. The summed E-state index contributed by atoms with van der Waals surface area (Å²) in [5.41, 5.74) is 0.339. The Morgan fingerprint density at radius 3 is 2.76 bits per heavy atom. The minimum Gasteiger partial charge on any atom is -0.335 e. The number of carbonyl (C=O) groups excluding carboxylic acids is 1. The lowest BCUT2D eigenvalue weighted by Crippen LogP contribution is -2.39. The molecular formula is C12H16ClN3O. The van der Waals surface area contributed by atoms with Crippen LogP contribution in [0.1, 0.15) is 43.1 Å². The average molecular weight is 254 g/mol. The SMILES string of the molecule is CCN(C(=O)c1cncc(Cl)n1)C1CCCC1. The van der Waals surface area contributed by atoms with Crippen molar-refractivity contribution >= 4 is 17.5 Å². The predicted octanol–water partition coefficient (Wildman–Crippen LogP) is 2.53. The second-order valence-electron chi connectivity index (χ2n) is 4.26. The second kappa shape index (κ2) is 5.45. The molecule has 1 aromatic rings. The highest BCUT2D eigenvalue weighted by atomic mass is 35.5. The molecule has 4 nitrogen and oxygen atoms in total. The Balaban J connectivity index is 2.16. The van der Waals surface area contributed by atoms with Gasteiger partial charge < -0.3 is 4.90 Å². The molecule has 0 unspecified atom stereocenters. The first kappa shape index (κ1) is 12.3. The summed E-state index contributed by atoms with van der Waals surface area (Å²) in [6.07, 6.45) is 7.50. The number of aromatic nitrogens is 2. The van der Waals surface area contributed by atoms with Gasteiger partial charge in [0.15, 0.2) is 0 Å². The van der Waals surface area contributed by atoms with E-state index in [4.69, 9.17) is 11.6 Å². The van der Waals surface area contributed by atoms with Crippen molar-refractivity contribution in [1.29, 1.82) is 0 Å². The molecule has 0 atom stereocenters. The fourth-order valence-electron chi connectivity index (χ4n) is 2.38. The number of nitrogens with zero attached hydrogens (tertiary/aromatic N) is 3. The van der Waals surface area contributed by atoms with Crippen LogP contribution in [0.5, 0.6) is 0 Å². The first-order valence-electron chi connectivity index (χ1n) is 6.01. The van der Waals surface area contributed by atoms with Crippen molar-refractivity contribution in [3.63, 3.8) is 0 Å². The molecule has 1 amide bonds. The molecule has 0 bridgehead atoms. The van der Waals surface area contributed by atoms with E-state index in [1.54, 1.807) is 0 Å². The zero-order chi connectivity index (χ0) is 12.3. The Kier molecular flexibility index (Phi) is 3.94. The number of amides is 1. The van der Waals surface area contributed by atoms with Crippen LogP contribution in [0, 0.1) is 0 Å². The third-order valence-corrected chi connectivity index (χ3v) is 3.37. The van der Waals surface area contributed by atoms with Crippen LogP contribution in [0.3, 0.4) is 0 Å². The van der Waals surface area contributed by atoms with Crippen molar-refractivity contribution in [2.45, 2.75) is 38.6 Å². The monoisotopic (exact) mass is 253 g/mol. The van der Waals surface area contributed by atoms with Gasteiger partial charge in [-0.1, -0.05) is 24.4 Å². The molecule has 0 aliphatic heterocycles. The second-order valence-corrected chi connectivity index (χ2v) is 4.64. The van der Waals surface area contributed by atoms with Crippen LogP contribution < -0.4 is 0 Å². The summed E-state index contributed by atoms with van der Waals surface area (Å²) in [5.74, 6) is -0.0607. The number of hydrogen-bond acceptors (Lipinski definition) is 3. The summed E-state index contributed by atoms with van der Waals surface area (Å²) in [6, 6.07) is 0.355. The minimum atomic E-state index is -0.0607. The van der Waals surface area contributed by atoms with E-state index in [1.165, 1.54) is 25.2 Å². The van der Waals surface area contributed by atoms with Crippen LogP contribution in [0.4, 0.5) is 0 Å². The maximum Gasteiger partial charge on any atom is 0.274 e. The summed E-state index contributed by atoms with van der Waals surface area (Å²) in [4.78, 5) is 22.1. The van der Waals surface area contributed by atoms with Crippen LogP contribution in [-0.4, -0.2) is 33.4 Å². The van der Waals surface area contributed by atoms with E-state index in [9.17, 15) is 4.79 Å². The number of rotatable bonds is 3. The Labute approximate surface area is 106 Å². The lowest BCUT2D eigenvalue weighted by Gasteiger charge is -2.27. The van der Waals surface area contributed by atoms with Crippen molar-refractivity contribution in [2.24, 2.45) is 0 Å². The van der Waals surface area contributed by atoms with Crippen LogP contribution in [0.25, 0.3) is 0 Å². The molecule has 1 fully saturated rings. The summed E-state index contributed by atoms with van der Waals surface area (Å²) in [6.45, 7) is 2.70. The van der Waals surface area contributed by atoms with Gasteiger partial charge in [-0.3, -0.25) is 9.78 Å². The molecule has 0 N–H and O–H groups in total. The molecule has 5 heteroatoms. The molecule has 0 saturated heterocycles. The fourth-order valence-corrected chi connectivity index (χ4v) is 2.52. The van der Waals surface area contributed by atoms with Gasteiger partial charge in [0.25, 0.3) is 5.91 Å². The third-order valence-electron chi connectivity index (χ3n) is 3.19. The number of carbonyl (C=O) groups is 1. The van der Waals surface area contributed by atoms with E-state index in [0.29, 0.717) is 18.3 Å². The fraction of sp³-hybridized carbons (Fsp3) is 0.583. The molecule has 1 aliphatic rings. The Morgan fingerprint density at radius 1 is 1.47 bits per heavy atom. The van der Waals surface area contributed by atoms with Gasteiger partial charge in [-0.05, 0) is 19.8 Å². The normalized spacial score (nSPS) is 16.1.